The number of imidazole rings is 1. The highest BCUT2D eigenvalue weighted by molar-refractivity contribution is 6.23. The summed E-state index contributed by atoms with van der Waals surface area (Å²) < 4.78 is 6.58. The van der Waals surface area contributed by atoms with Gasteiger partial charge >= 0.3 is 0 Å². The zero-order valence-electron chi connectivity index (χ0n) is 16.9. The molecule has 5 rings (SSSR count). The summed E-state index contributed by atoms with van der Waals surface area (Å²) in [5, 5.41) is 2.98. The van der Waals surface area contributed by atoms with E-state index in [0.29, 0.717) is 28.6 Å². The van der Waals surface area contributed by atoms with E-state index >= 15 is 0 Å². The second-order valence-corrected chi connectivity index (χ2v) is 7.36. The van der Waals surface area contributed by atoms with Gasteiger partial charge in [-0.2, -0.15) is 4.68 Å². The summed E-state index contributed by atoms with van der Waals surface area (Å²) in [6, 6.07) is 14.2. The standard InChI is InChI=1S/C22H19N5O4/c1-12-19(21(30)27(25-12)22-23-14-7-3-4-8-15(14)24-22)13-11-18(28)26(20(13)29)16-9-5-6-10-17(16)31-2/h3-10,13,25H,11H2,1-2H3,(H,23,24)/t13-/m1/s1. The summed E-state index contributed by atoms with van der Waals surface area (Å²) in [7, 11) is 1.48. The molecule has 2 aromatic carbocycles. The molecule has 2 aromatic heterocycles. The lowest BCUT2D eigenvalue weighted by molar-refractivity contribution is -0.121. The van der Waals surface area contributed by atoms with Crippen LogP contribution in [0.3, 0.4) is 0 Å². The number of rotatable bonds is 4. The zero-order chi connectivity index (χ0) is 21.7. The summed E-state index contributed by atoms with van der Waals surface area (Å²) in [5.74, 6) is -0.985. The number of para-hydroxylation sites is 4. The molecule has 0 bridgehead atoms. The Kier molecular flexibility index (Phi) is 4.25. The number of nitrogens with one attached hydrogen (secondary N) is 2. The molecule has 1 aliphatic rings. The molecular weight excluding hydrogens is 398 g/mol. The Labute approximate surface area is 176 Å². The SMILES string of the molecule is COc1ccccc1N1C(=O)C[C@H](c2c(C)[nH]n(-c3nc4ccccc4[nH]3)c2=O)C1=O. The summed E-state index contributed by atoms with van der Waals surface area (Å²) >= 11 is 0. The minimum atomic E-state index is -0.883. The number of carbonyl (C=O) groups is 2. The molecule has 4 aromatic rings. The number of imide groups is 1. The first kappa shape index (κ1) is 18.9. The Morgan fingerprint density at radius 1 is 1.06 bits per heavy atom. The molecule has 9 nitrogen and oxygen atoms in total. The van der Waals surface area contributed by atoms with E-state index < -0.39 is 17.4 Å². The van der Waals surface area contributed by atoms with Crippen LogP contribution in [0.15, 0.2) is 53.3 Å². The average molecular weight is 417 g/mol. The van der Waals surface area contributed by atoms with Crippen molar-refractivity contribution in [3.05, 3.63) is 70.1 Å². The molecule has 31 heavy (non-hydrogen) atoms. The Balaban J connectivity index is 1.56. The van der Waals surface area contributed by atoms with Gasteiger partial charge in [-0.15, -0.1) is 0 Å². The van der Waals surface area contributed by atoms with Gasteiger partial charge in [0.05, 0.1) is 35.3 Å². The van der Waals surface area contributed by atoms with Crippen LogP contribution in [0.25, 0.3) is 17.0 Å². The molecule has 0 spiro atoms. The third-order valence-corrected chi connectivity index (χ3v) is 5.53. The van der Waals surface area contributed by atoms with Gasteiger partial charge in [-0.05, 0) is 31.2 Å². The van der Waals surface area contributed by atoms with Crippen LogP contribution < -0.4 is 15.2 Å². The summed E-state index contributed by atoms with van der Waals surface area (Å²) in [6.45, 7) is 1.71. The van der Waals surface area contributed by atoms with Gasteiger partial charge in [-0.25, -0.2) is 9.88 Å². The number of amides is 2. The first-order valence-electron chi connectivity index (χ1n) is 9.76. The smallest absolute Gasteiger partial charge is 0.278 e. The van der Waals surface area contributed by atoms with Crippen LogP contribution in [0.2, 0.25) is 0 Å². The number of hydrogen-bond donors (Lipinski definition) is 2. The van der Waals surface area contributed by atoms with Gasteiger partial charge in [0.15, 0.2) is 0 Å². The van der Waals surface area contributed by atoms with Crippen molar-refractivity contribution >= 4 is 28.5 Å². The first-order chi connectivity index (χ1) is 15.0. The highest BCUT2D eigenvalue weighted by Crippen LogP contribution is 2.37. The topological polar surface area (TPSA) is 113 Å². The lowest BCUT2D eigenvalue weighted by Crippen LogP contribution is -2.31. The van der Waals surface area contributed by atoms with Crippen molar-refractivity contribution in [1.82, 2.24) is 19.7 Å². The molecule has 2 amide bonds. The summed E-state index contributed by atoms with van der Waals surface area (Å²) in [5.41, 5.74) is 2.23. The van der Waals surface area contributed by atoms with Crippen molar-refractivity contribution in [1.29, 1.82) is 0 Å². The zero-order valence-corrected chi connectivity index (χ0v) is 16.9. The van der Waals surface area contributed by atoms with E-state index in [9.17, 15) is 14.4 Å². The fourth-order valence-electron chi connectivity index (χ4n) is 4.09. The molecule has 3 heterocycles. The molecule has 156 valence electrons. The van der Waals surface area contributed by atoms with E-state index in [2.05, 4.69) is 15.1 Å². The van der Waals surface area contributed by atoms with Gasteiger partial charge in [0.1, 0.15) is 5.75 Å². The van der Waals surface area contributed by atoms with Crippen molar-refractivity contribution in [2.45, 2.75) is 19.3 Å². The highest BCUT2D eigenvalue weighted by atomic mass is 16.5. The van der Waals surface area contributed by atoms with Crippen LogP contribution in [-0.2, 0) is 9.59 Å². The normalized spacial score (nSPS) is 16.5. The molecule has 1 saturated heterocycles. The van der Waals surface area contributed by atoms with E-state index in [1.807, 2.05) is 24.3 Å². The fourth-order valence-corrected chi connectivity index (χ4v) is 4.09. The Bertz CT molecular complexity index is 1360. The number of hydrogen-bond acceptors (Lipinski definition) is 5. The van der Waals surface area contributed by atoms with Gasteiger partial charge in [-0.1, -0.05) is 24.3 Å². The van der Waals surface area contributed by atoms with Crippen LogP contribution in [0.1, 0.15) is 23.6 Å². The second kappa shape index (κ2) is 6.98. The molecular formula is C22H19N5O4. The van der Waals surface area contributed by atoms with Gasteiger partial charge in [0.2, 0.25) is 17.8 Å². The summed E-state index contributed by atoms with van der Waals surface area (Å²) in [6.07, 6.45) is -0.0923. The molecule has 0 radical (unpaired) electrons. The molecule has 9 heteroatoms. The van der Waals surface area contributed by atoms with E-state index in [0.717, 1.165) is 10.4 Å². The van der Waals surface area contributed by atoms with Crippen LogP contribution in [0, 0.1) is 6.92 Å². The molecule has 1 aliphatic heterocycles. The first-order valence-corrected chi connectivity index (χ1v) is 9.76. The number of methoxy groups -OCH3 is 1. The molecule has 2 N–H and O–H groups in total. The quantitative estimate of drug-likeness (QED) is 0.495. The minimum absolute atomic E-state index is 0.0923. The number of benzene rings is 2. The Hall–Kier alpha value is -4.14. The predicted octanol–water partition coefficient (Wildman–Crippen LogP) is 2.41. The maximum absolute atomic E-state index is 13.2. The third kappa shape index (κ3) is 2.85. The maximum Gasteiger partial charge on any atom is 0.278 e. The molecule has 1 fully saturated rings. The van der Waals surface area contributed by atoms with Crippen molar-refractivity contribution in [3.8, 4) is 11.7 Å². The van der Waals surface area contributed by atoms with Gasteiger partial charge in [0.25, 0.3) is 5.56 Å². The minimum Gasteiger partial charge on any atom is -0.495 e. The predicted molar refractivity (Wildman–Crippen MR) is 114 cm³/mol. The Morgan fingerprint density at radius 3 is 2.58 bits per heavy atom. The number of aromatic amines is 2. The van der Waals surface area contributed by atoms with Crippen LogP contribution in [-0.4, -0.2) is 38.7 Å². The van der Waals surface area contributed by atoms with Crippen molar-refractivity contribution in [2.75, 3.05) is 12.0 Å². The number of carbonyl (C=O) groups excluding carboxylic acids is 2. The van der Waals surface area contributed by atoms with Gasteiger partial charge in [-0.3, -0.25) is 19.5 Å². The van der Waals surface area contributed by atoms with Gasteiger partial charge < -0.3 is 9.72 Å². The molecule has 1 atom stereocenters. The van der Waals surface area contributed by atoms with Crippen LogP contribution in [0.4, 0.5) is 5.69 Å². The molecule has 0 saturated carbocycles. The van der Waals surface area contributed by atoms with Crippen molar-refractivity contribution < 1.29 is 14.3 Å². The third-order valence-electron chi connectivity index (χ3n) is 5.53. The van der Waals surface area contributed by atoms with E-state index in [1.54, 1.807) is 31.2 Å². The molecule has 0 unspecified atom stereocenters. The monoisotopic (exact) mass is 417 g/mol. The van der Waals surface area contributed by atoms with Crippen molar-refractivity contribution in [3.63, 3.8) is 0 Å². The number of H-pyrrole nitrogens is 2. The second-order valence-electron chi connectivity index (χ2n) is 7.36. The number of anilines is 1. The maximum atomic E-state index is 13.2. The lowest BCUT2D eigenvalue weighted by Gasteiger charge is -2.17. The van der Waals surface area contributed by atoms with E-state index in [1.165, 1.54) is 11.8 Å². The average Bonchev–Trinajstić information content (AvgIpc) is 3.41. The van der Waals surface area contributed by atoms with Crippen LogP contribution in [0.5, 0.6) is 5.75 Å². The number of aryl methyl sites for hydroxylation is 1. The highest BCUT2D eigenvalue weighted by Gasteiger charge is 2.44. The van der Waals surface area contributed by atoms with Gasteiger partial charge in [0, 0.05) is 12.1 Å². The number of ether oxygens (including phenoxy) is 1. The van der Waals surface area contributed by atoms with Crippen LogP contribution >= 0.6 is 0 Å². The van der Waals surface area contributed by atoms with E-state index in [-0.39, 0.29) is 17.9 Å². The van der Waals surface area contributed by atoms with E-state index in [4.69, 9.17) is 4.74 Å². The Morgan fingerprint density at radius 2 is 1.81 bits per heavy atom. The number of aromatic nitrogens is 4. The number of nitrogens with zero attached hydrogens (tertiary/aromatic N) is 3. The summed E-state index contributed by atoms with van der Waals surface area (Å²) in [4.78, 5) is 47.9. The van der Waals surface area contributed by atoms with Crippen molar-refractivity contribution in [2.24, 2.45) is 0 Å². The largest absolute Gasteiger partial charge is 0.495 e. The number of fused-ring (bicyclic) bond motifs is 1. The molecule has 0 aliphatic carbocycles. The lowest BCUT2D eigenvalue weighted by atomic mass is 9.98. The fraction of sp³-hybridized carbons (Fsp3) is 0.182.